The van der Waals surface area contributed by atoms with Crippen molar-refractivity contribution in [2.75, 3.05) is 19.6 Å². The minimum absolute atomic E-state index is 0.702. The number of hydrogen-bond donors (Lipinski definition) is 1. The van der Waals surface area contributed by atoms with E-state index in [0.29, 0.717) is 6.04 Å². The molecule has 1 unspecified atom stereocenters. The Balaban J connectivity index is 1.67. The molecule has 1 atom stereocenters. The van der Waals surface area contributed by atoms with Crippen LogP contribution in [-0.4, -0.2) is 35.1 Å². The van der Waals surface area contributed by atoms with E-state index >= 15 is 0 Å². The number of likely N-dealkylation sites (tertiary alicyclic amines) is 1. The number of aromatic nitrogens is 1. The van der Waals surface area contributed by atoms with E-state index in [0.717, 1.165) is 25.6 Å². The van der Waals surface area contributed by atoms with Crippen LogP contribution in [0, 0.1) is 5.92 Å². The first-order chi connectivity index (χ1) is 8.69. The van der Waals surface area contributed by atoms with Crippen molar-refractivity contribution in [1.82, 2.24) is 14.8 Å². The summed E-state index contributed by atoms with van der Waals surface area (Å²) in [6.07, 6.45) is 5.75. The molecule has 1 aromatic heterocycles. The van der Waals surface area contributed by atoms with Crippen molar-refractivity contribution in [2.24, 2.45) is 5.92 Å². The van der Waals surface area contributed by atoms with Crippen LogP contribution in [-0.2, 0) is 13.1 Å². The van der Waals surface area contributed by atoms with E-state index < -0.39 is 0 Å². The van der Waals surface area contributed by atoms with E-state index in [1.807, 2.05) is 0 Å². The molecule has 2 rings (SSSR count). The minimum Gasteiger partial charge on any atom is -0.354 e. The Morgan fingerprint density at radius 3 is 2.89 bits per heavy atom. The van der Waals surface area contributed by atoms with Crippen molar-refractivity contribution in [3.63, 3.8) is 0 Å². The van der Waals surface area contributed by atoms with E-state index in [2.05, 4.69) is 54.0 Å². The molecular weight excluding hydrogens is 222 g/mol. The van der Waals surface area contributed by atoms with Crippen molar-refractivity contribution < 1.29 is 0 Å². The Labute approximate surface area is 111 Å². The number of aryl methyl sites for hydroxylation is 1. The van der Waals surface area contributed by atoms with Gasteiger partial charge in [0.25, 0.3) is 0 Å². The molecular formula is C15H27N3. The summed E-state index contributed by atoms with van der Waals surface area (Å²) in [5.74, 6) is 0.834. The second kappa shape index (κ2) is 6.39. The molecule has 102 valence electrons. The summed E-state index contributed by atoms with van der Waals surface area (Å²) in [4.78, 5) is 2.58. The van der Waals surface area contributed by atoms with Crippen LogP contribution in [0.4, 0.5) is 0 Å². The van der Waals surface area contributed by atoms with Gasteiger partial charge in [-0.1, -0.05) is 0 Å². The van der Waals surface area contributed by atoms with Gasteiger partial charge in [-0.05, 0) is 57.8 Å². The third kappa shape index (κ3) is 3.59. The lowest BCUT2D eigenvalue weighted by molar-refractivity contribution is 0.264. The van der Waals surface area contributed by atoms with Gasteiger partial charge >= 0.3 is 0 Å². The van der Waals surface area contributed by atoms with Crippen molar-refractivity contribution in [3.8, 4) is 0 Å². The molecule has 1 aliphatic rings. The van der Waals surface area contributed by atoms with Crippen LogP contribution < -0.4 is 5.32 Å². The van der Waals surface area contributed by atoms with Crippen LogP contribution in [0.15, 0.2) is 18.5 Å². The highest BCUT2D eigenvalue weighted by atomic mass is 15.2. The molecule has 0 aromatic carbocycles. The fourth-order valence-corrected chi connectivity index (χ4v) is 2.71. The van der Waals surface area contributed by atoms with Crippen LogP contribution >= 0.6 is 0 Å². The third-order valence-electron chi connectivity index (χ3n) is 3.99. The average Bonchev–Trinajstić information content (AvgIpc) is 2.97. The molecule has 3 heteroatoms. The summed E-state index contributed by atoms with van der Waals surface area (Å²) >= 11 is 0. The Morgan fingerprint density at radius 1 is 1.44 bits per heavy atom. The lowest BCUT2D eigenvalue weighted by Crippen LogP contribution is -2.30. The number of nitrogens with one attached hydrogen (secondary N) is 1. The largest absolute Gasteiger partial charge is 0.354 e. The highest BCUT2D eigenvalue weighted by Crippen LogP contribution is 2.17. The molecule has 0 aliphatic carbocycles. The van der Waals surface area contributed by atoms with Crippen molar-refractivity contribution >= 4 is 0 Å². The van der Waals surface area contributed by atoms with Gasteiger partial charge in [0.15, 0.2) is 0 Å². The molecule has 0 radical (unpaired) electrons. The maximum Gasteiger partial charge on any atom is 0.0220 e. The van der Waals surface area contributed by atoms with Gasteiger partial charge in [0, 0.05) is 38.1 Å². The predicted octanol–water partition coefficient (Wildman–Crippen LogP) is 2.33. The van der Waals surface area contributed by atoms with Gasteiger partial charge in [0.05, 0.1) is 0 Å². The maximum atomic E-state index is 3.60. The predicted molar refractivity (Wildman–Crippen MR) is 76.6 cm³/mol. The highest BCUT2D eigenvalue weighted by molar-refractivity contribution is 5.09. The summed E-state index contributed by atoms with van der Waals surface area (Å²) in [7, 11) is 0. The molecule has 0 bridgehead atoms. The Morgan fingerprint density at radius 2 is 2.28 bits per heavy atom. The molecule has 18 heavy (non-hydrogen) atoms. The van der Waals surface area contributed by atoms with Gasteiger partial charge in [-0.2, -0.15) is 0 Å². The van der Waals surface area contributed by atoms with E-state index in [4.69, 9.17) is 0 Å². The van der Waals surface area contributed by atoms with Gasteiger partial charge in [0.1, 0.15) is 0 Å². The topological polar surface area (TPSA) is 20.2 Å². The second-order valence-electron chi connectivity index (χ2n) is 5.72. The van der Waals surface area contributed by atoms with Crippen LogP contribution in [0.25, 0.3) is 0 Å². The van der Waals surface area contributed by atoms with Gasteiger partial charge in [-0.25, -0.2) is 0 Å². The summed E-state index contributed by atoms with van der Waals surface area (Å²) in [5.41, 5.74) is 1.40. The van der Waals surface area contributed by atoms with Crippen molar-refractivity contribution in [2.45, 2.75) is 46.3 Å². The van der Waals surface area contributed by atoms with E-state index in [-0.39, 0.29) is 0 Å². The molecule has 1 N–H and O–H groups in total. The van der Waals surface area contributed by atoms with Gasteiger partial charge in [-0.3, -0.25) is 0 Å². The molecule has 3 nitrogen and oxygen atoms in total. The molecule has 1 aromatic rings. The van der Waals surface area contributed by atoms with E-state index in [1.165, 1.54) is 25.1 Å². The minimum atomic E-state index is 0.702. The molecule has 2 heterocycles. The zero-order valence-electron chi connectivity index (χ0n) is 12.0. The van der Waals surface area contributed by atoms with Gasteiger partial charge in [0.2, 0.25) is 0 Å². The van der Waals surface area contributed by atoms with Gasteiger partial charge < -0.3 is 14.8 Å². The first kappa shape index (κ1) is 13.6. The van der Waals surface area contributed by atoms with Crippen LogP contribution in [0.1, 0.15) is 32.8 Å². The van der Waals surface area contributed by atoms with Crippen LogP contribution in [0.2, 0.25) is 0 Å². The SMILES string of the molecule is CCn1ccc(CNCC2CCN(C(C)C)C2)c1. The zero-order chi connectivity index (χ0) is 13.0. The maximum absolute atomic E-state index is 3.60. The quantitative estimate of drug-likeness (QED) is 0.835. The average molecular weight is 249 g/mol. The lowest BCUT2D eigenvalue weighted by Gasteiger charge is -2.20. The smallest absolute Gasteiger partial charge is 0.0220 e. The third-order valence-corrected chi connectivity index (χ3v) is 3.99. The molecule has 1 aliphatic heterocycles. The van der Waals surface area contributed by atoms with Crippen LogP contribution in [0.5, 0.6) is 0 Å². The van der Waals surface area contributed by atoms with E-state index in [1.54, 1.807) is 0 Å². The van der Waals surface area contributed by atoms with E-state index in [9.17, 15) is 0 Å². The molecule has 1 fully saturated rings. The molecule has 0 amide bonds. The first-order valence-electron chi connectivity index (χ1n) is 7.28. The second-order valence-corrected chi connectivity index (χ2v) is 5.72. The Hall–Kier alpha value is -0.800. The lowest BCUT2D eigenvalue weighted by atomic mass is 10.1. The summed E-state index contributed by atoms with van der Waals surface area (Å²) < 4.78 is 2.23. The fraction of sp³-hybridized carbons (Fsp3) is 0.733. The zero-order valence-corrected chi connectivity index (χ0v) is 12.0. The summed E-state index contributed by atoms with van der Waals surface area (Å²) in [6, 6.07) is 2.92. The fourth-order valence-electron chi connectivity index (χ4n) is 2.71. The van der Waals surface area contributed by atoms with Crippen molar-refractivity contribution in [3.05, 3.63) is 24.0 Å². The number of hydrogen-bond acceptors (Lipinski definition) is 2. The normalized spacial score (nSPS) is 21.0. The summed E-state index contributed by atoms with van der Waals surface area (Å²) in [6.45, 7) is 12.5. The standard InChI is InChI=1S/C15H27N3/c1-4-17-7-5-14(11-17)9-16-10-15-6-8-18(12-15)13(2)3/h5,7,11,13,15-16H,4,6,8-10,12H2,1-3H3. The van der Waals surface area contributed by atoms with Gasteiger partial charge in [-0.15, -0.1) is 0 Å². The number of rotatable bonds is 6. The molecule has 1 saturated heterocycles. The Kier molecular flexibility index (Phi) is 4.84. The summed E-state index contributed by atoms with van der Waals surface area (Å²) in [5, 5.41) is 3.60. The monoisotopic (exact) mass is 249 g/mol. The highest BCUT2D eigenvalue weighted by Gasteiger charge is 2.23. The van der Waals surface area contributed by atoms with Crippen LogP contribution in [0.3, 0.4) is 0 Å². The molecule has 0 saturated carbocycles. The number of nitrogens with zero attached hydrogens (tertiary/aromatic N) is 2. The first-order valence-corrected chi connectivity index (χ1v) is 7.28. The van der Waals surface area contributed by atoms with Crippen molar-refractivity contribution in [1.29, 1.82) is 0 Å². The Bertz CT molecular complexity index is 356. The molecule has 0 spiro atoms.